The van der Waals surface area contributed by atoms with Gasteiger partial charge in [-0.25, -0.2) is 4.98 Å². The van der Waals surface area contributed by atoms with Crippen LogP contribution in [0.15, 0.2) is 5.38 Å². The van der Waals surface area contributed by atoms with Gasteiger partial charge in [-0.15, -0.1) is 11.3 Å². The first kappa shape index (κ1) is 14.4. The zero-order valence-corrected chi connectivity index (χ0v) is 10.1. The standard InChI is InChI=1S/C9H12F3NO3S/c1-14-8(15-2)6-4-17-7(13-6)3-16-5-9(10,11)12/h4,8H,3,5H2,1-2H3. The van der Waals surface area contributed by atoms with E-state index in [2.05, 4.69) is 9.72 Å². The van der Waals surface area contributed by atoms with Gasteiger partial charge in [-0.3, -0.25) is 0 Å². The molecule has 0 radical (unpaired) electrons. The van der Waals surface area contributed by atoms with Crippen LogP contribution in [0.2, 0.25) is 0 Å². The number of methoxy groups -OCH3 is 2. The molecule has 1 aromatic rings. The van der Waals surface area contributed by atoms with Crippen molar-refractivity contribution in [1.82, 2.24) is 4.98 Å². The molecule has 0 bridgehead atoms. The van der Waals surface area contributed by atoms with E-state index in [-0.39, 0.29) is 6.61 Å². The summed E-state index contributed by atoms with van der Waals surface area (Å²) in [5, 5.41) is 2.10. The van der Waals surface area contributed by atoms with Crippen LogP contribution in [0.25, 0.3) is 0 Å². The molecule has 0 saturated heterocycles. The smallest absolute Gasteiger partial charge is 0.365 e. The molecule has 17 heavy (non-hydrogen) atoms. The topological polar surface area (TPSA) is 40.6 Å². The Kier molecular flexibility index (Phi) is 5.31. The Hall–Kier alpha value is -0.700. The molecule has 0 fully saturated rings. The van der Waals surface area contributed by atoms with Gasteiger partial charge in [-0.2, -0.15) is 13.2 Å². The fourth-order valence-electron chi connectivity index (χ4n) is 1.09. The van der Waals surface area contributed by atoms with E-state index in [9.17, 15) is 13.2 Å². The molecule has 98 valence electrons. The first-order valence-electron chi connectivity index (χ1n) is 4.60. The highest BCUT2D eigenvalue weighted by atomic mass is 32.1. The van der Waals surface area contributed by atoms with Crippen molar-refractivity contribution in [2.45, 2.75) is 19.1 Å². The molecule has 0 aliphatic rings. The van der Waals surface area contributed by atoms with Gasteiger partial charge >= 0.3 is 6.18 Å². The van der Waals surface area contributed by atoms with Gasteiger partial charge in [0.15, 0.2) is 0 Å². The van der Waals surface area contributed by atoms with E-state index in [0.29, 0.717) is 10.7 Å². The van der Waals surface area contributed by atoms with Gasteiger partial charge in [0.1, 0.15) is 17.3 Å². The molecule has 0 N–H and O–H groups in total. The minimum Gasteiger partial charge on any atom is -0.365 e. The van der Waals surface area contributed by atoms with E-state index in [1.807, 2.05) is 0 Å². The molecular formula is C9H12F3NO3S. The van der Waals surface area contributed by atoms with Crippen molar-refractivity contribution in [3.63, 3.8) is 0 Å². The molecule has 0 atom stereocenters. The molecular weight excluding hydrogens is 259 g/mol. The summed E-state index contributed by atoms with van der Waals surface area (Å²) in [5.41, 5.74) is 0.519. The van der Waals surface area contributed by atoms with Crippen LogP contribution in [0, 0.1) is 0 Å². The molecule has 8 heteroatoms. The second-order valence-electron chi connectivity index (χ2n) is 3.08. The minimum atomic E-state index is -4.32. The van der Waals surface area contributed by atoms with E-state index >= 15 is 0 Å². The molecule has 1 aromatic heterocycles. The van der Waals surface area contributed by atoms with E-state index in [4.69, 9.17) is 9.47 Å². The van der Waals surface area contributed by atoms with Crippen molar-refractivity contribution in [3.8, 4) is 0 Å². The predicted molar refractivity (Wildman–Crippen MR) is 54.6 cm³/mol. The highest BCUT2D eigenvalue weighted by molar-refractivity contribution is 7.09. The van der Waals surface area contributed by atoms with Gasteiger partial charge in [-0.1, -0.05) is 0 Å². The summed E-state index contributed by atoms with van der Waals surface area (Å²) < 4.78 is 49.9. The fourth-order valence-corrected chi connectivity index (χ4v) is 1.82. The molecule has 1 rings (SSSR count). The van der Waals surface area contributed by atoms with Crippen molar-refractivity contribution in [3.05, 3.63) is 16.1 Å². The predicted octanol–water partition coefficient (Wildman–Crippen LogP) is 2.51. The second kappa shape index (κ2) is 6.29. The lowest BCUT2D eigenvalue weighted by Crippen LogP contribution is -2.16. The van der Waals surface area contributed by atoms with Gasteiger partial charge < -0.3 is 14.2 Å². The van der Waals surface area contributed by atoms with E-state index in [1.165, 1.54) is 25.6 Å². The van der Waals surface area contributed by atoms with E-state index in [1.54, 1.807) is 5.38 Å². The van der Waals surface area contributed by atoms with Crippen molar-refractivity contribution in [1.29, 1.82) is 0 Å². The second-order valence-corrected chi connectivity index (χ2v) is 4.02. The Labute approximate surface area is 100 Å². The zero-order chi connectivity index (χ0) is 12.9. The average Bonchev–Trinajstić information content (AvgIpc) is 2.67. The van der Waals surface area contributed by atoms with Crippen LogP contribution in [-0.4, -0.2) is 32.0 Å². The molecule has 0 aliphatic carbocycles. The minimum absolute atomic E-state index is 0.176. The number of halogens is 3. The third-order valence-electron chi connectivity index (χ3n) is 1.73. The molecule has 0 amide bonds. The molecule has 0 spiro atoms. The zero-order valence-electron chi connectivity index (χ0n) is 9.28. The quantitative estimate of drug-likeness (QED) is 0.745. The van der Waals surface area contributed by atoms with Crippen molar-refractivity contribution in [2.24, 2.45) is 0 Å². The Bertz CT molecular complexity index is 338. The fraction of sp³-hybridized carbons (Fsp3) is 0.667. The van der Waals surface area contributed by atoms with Crippen LogP contribution < -0.4 is 0 Å². The Balaban J connectivity index is 2.46. The number of thiazole rings is 1. The maximum absolute atomic E-state index is 11.8. The molecule has 0 aliphatic heterocycles. The van der Waals surface area contributed by atoms with E-state index in [0.717, 1.165) is 0 Å². The number of ether oxygens (including phenoxy) is 3. The Morgan fingerprint density at radius 2 is 2.00 bits per heavy atom. The summed E-state index contributed by atoms with van der Waals surface area (Å²) in [6.45, 7) is -1.45. The molecule has 0 saturated carbocycles. The molecule has 0 unspecified atom stereocenters. The summed E-state index contributed by atoms with van der Waals surface area (Å²) >= 11 is 1.20. The van der Waals surface area contributed by atoms with Gasteiger partial charge in [-0.05, 0) is 0 Å². The lowest BCUT2D eigenvalue weighted by atomic mass is 10.5. The number of hydrogen-bond donors (Lipinski definition) is 0. The number of alkyl halides is 3. The largest absolute Gasteiger partial charge is 0.411 e. The number of nitrogens with zero attached hydrogens (tertiary/aromatic N) is 1. The van der Waals surface area contributed by atoms with Crippen LogP contribution in [0.4, 0.5) is 13.2 Å². The maximum Gasteiger partial charge on any atom is 0.411 e. The van der Waals surface area contributed by atoms with Gasteiger partial charge in [0, 0.05) is 19.6 Å². The monoisotopic (exact) mass is 271 g/mol. The lowest BCUT2D eigenvalue weighted by Gasteiger charge is -2.09. The van der Waals surface area contributed by atoms with Crippen molar-refractivity contribution < 1.29 is 27.4 Å². The average molecular weight is 271 g/mol. The Morgan fingerprint density at radius 3 is 2.53 bits per heavy atom. The van der Waals surface area contributed by atoms with Gasteiger partial charge in [0.05, 0.1) is 6.61 Å². The molecule has 1 heterocycles. The summed E-state index contributed by atoms with van der Waals surface area (Å²) in [7, 11) is 2.90. The molecule has 0 aromatic carbocycles. The number of rotatable bonds is 6. The van der Waals surface area contributed by atoms with Crippen LogP contribution in [0.5, 0.6) is 0 Å². The van der Waals surface area contributed by atoms with Crippen LogP contribution in [-0.2, 0) is 20.8 Å². The summed E-state index contributed by atoms with van der Waals surface area (Å²) in [6.07, 6.45) is -4.93. The highest BCUT2D eigenvalue weighted by Gasteiger charge is 2.27. The first-order valence-corrected chi connectivity index (χ1v) is 5.48. The van der Waals surface area contributed by atoms with Crippen LogP contribution >= 0.6 is 11.3 Å². The van der Waals surface area contributed by atoms with Gasteiger partial charge in [0.25, 0.3) is 0 Å². The Morgan fingerprint density at radius 1 is 1.35 bits per heavy atom. The summed E-state index contributed by atoms with van der Waals surface area (Å²) in [6, 6.07) is 0. The number of hydrogen-bond acceptors (Lipinski definition) is 5. The number of aromatic nitrogens is 1. The summed E-state index contributed by atoms with van der Waals surface area (Å²) in [5.74, 6) is 0. The third-order valence-corrected chi connectivity index (χ3v) is 2.57. The SMILES string of the molecule is COC(OC)c1csc(COCC(F)(F)F)n1. The first-order chi connectivity index (χ1) is 7.96. The van der Waals surface area contributed by atoms with Gasteiger partial charge in [0.2, 0.25) is 6.29 Å². The maximum atomic E-state index is 11.8. The van der Waals surface area contributed by atoms with Crippen LogP contribution in [0.3, 0.4) is 0 Å². The van der Waals surface area contributed by atoms with Crippen molar-refractivity contribution >= 4 is 11.3 Å². The molecule has 4 nitrogen and oxygen atoms in total. The lowest BCUT2D eigenvalue weighted by molar-refractivity contribution is -0.176. The summed E-state index contributed by atoms with van der Waals surface area (Å²) in [4.78, 5) is 4.05. The van der Waals surface area contributed by atoms with Crippen molar-refractivity contribution in [2.75, 3.05) is 20.8 Å². The van der Waals surface area contributed by atoms with Crippen LogP contribution in [0.1, 0.15) is 17.0 Å². The highest BCUT2D eigenvalue weighted by Crippen LogP contribution is 2.21. The third kappa shape index (κ3) is 4.99. The normalized spacial score (nSPS) is 12.4. The van der Waals surface area contributed by atoms with E-state index < -0.39 is 19.1 Å².